The molecule has 1 aromatic rings. The van der Waals surface area contributed by atoms with Crippen molar-refractivity contribution in [2.75, 3.05) is 13.2 Å². The molecule has 29 heavy (non-hydrogen) atoms. The molecular formula is C22H35IN4O2. The summed E-state index contributed by atoms with van der Waals surface area (Å²) in [6.07, 6.45) is 7.15. The van der Waals surface area contributed by atoms with Crippen LogP contribution in [0.1, 0.15) is 57.9 Å². The molecule has 2 aliphatic carbocycles. The zero-order chi connectivity index (χ0) is 19.8. The number of carbonyl (C=O) groups excluding carboxylic acids is 1. The van der Waals surface area contributed by atoms with Crippen molar-refractivity contribution in [3.63, 3.8) is 0 Å². The Labute approximate surface area is 191 Å². The van der Waals surface area contributed by atoms with Gasteiger partial charge >= 0.3 is 0 Å². The van der Waals surface area contributed by atoms with E-state index in [9.17, 15) is 4.79 Å². The van der Waals surface area contributed by atoms with Gasteiger partial charge in [-0.25, -0.2) is 4.99 Å². The van der Waals surface area contributed by atoms with Crippen LogP contribution in [0.15, 0.2) is 29.3 Å². The number of aliphatic imine (C=N–C) groups is 1. The summed E-state index contributed by atoms with van der Waals surface area (Å²) in [6, 6.07) is 8.69. The van der Waals surface area contributed by atoms with E-state index in [2.05, 4.69) is 29.8 Å². The van der Waals surface area contributed by atoms with Gasteiger partial charge in [-0.2, -0.15) is 0 Å². The van der Waals surface area contributed by atoms with Gasteiger partial charge in [-0.15, -0.1) is 24.0 Å². The Morgan fingerprint density at radius 1 is 1.10 bits per heavy atom. The highest BCUT2D eigenvalue weighted by Crippen LogP contribution is 2.23. The van der Waals surface area contributed by atoms with Gasteiger partial charge in [-0.3, -0.25) is 4.79 Å². The first-order chi connectivity index (χ1) is 13.6. The first-order valence-electron chi connectivity index (χ1n) is 10.7. The molecule has 6 nitrogen and oxygen atoms in total. The van der Waals surface area contributed by atoms with Crippen molar-refractivity contribution in [2.45, 2.75) is 71.0 Å². The Morgan fingerprint density at radius 2 is 1.79 bits per heavy atom. The summed E-state index contributed by atoms with van der Waals surface area (Å²) in [6.45, 7) is 5.90. The number of amides is 1. The molecule has 1 aromatic carbocycles. The summed E-state index contributed by atoms with van der Waals surface area (Å²) in [5.74, 6) is 2.37. The van der Waals surface area contributed by atoms with Gasteiger partial charge in [-0.1, -0.05) is 19.1 Å². The maximum Gasteiger partial charge on any atom is 0.258 e. The maximum absolute atomic E-state index is 11.8. The molecule has 7 heteroatoms. The molecule has 0 spiro atoms. The second-order valence-electron chi connectivity index (χ2n) is 8.07. The van der Waals surface area contributed by atoms with Gasteiger partial charge in [0.15, 0.2) is 12.6 Å². The first kappa shape index (κ1) is 23.8. The van der Waals surface area contributed by atoms with Crippen molar-refractivity contribution in [1.82, 2.24) is 16.0 Å². The average molecular weight is 514 g/mol. The molecule has 0 aromatic heterocycles. The molecule has 0 bridgehead atoms. The second-order valence-corrected chi connectivity index (χ2v) is 8.07. The second kappa shape index (κ2) is 12.2. The topological polar surface area (TPSA) is 74.8 Å². The van der Waals surface area contributed by atoms with Gasteiger partial charge in [0.2, 0.25) is 0 Å². The minimum absolute atomic E-state index is 0. The smallest absolute Gasteiger partial charge is 0.258 e. The molecule has 3 N–H and O–H groups in total. The van der Waals surface area contributed by atoms with Crippen molar-refractivity contribution < 1.29 is 9.53 Å². The zero-order valence-electron chi connectivity index (χ0n) is 17.6. The van der Waals surface area contributed by atoms with Crippen molar-refractivity contribution in [3.05, 3.63) is 29.8 Å². The van der Waals surface area contributed by atoms with Crippen LogP contribution in [0, 0.1) is 5.92 Å². The number of hydrogen-bond acceptors (Lipinski definition) is 3. The third-order valence-electron chi connectivity index (χ3n) is 5.33. The van der Waals surface area contributed by atoms with Crippen LogP contribution in [0.5, 0.6) is 5.75 Å². The highest BCUT2D eigenvalue weighted by Gasteiger charge is 2.23. The number of nitrogens with one attached hydrogen (secondary N) is 3. The molecule has 0 heterocycles. The molecule has 2 aliphatic rings. The predicted molar refractivity (Wildman–Crippen MR) is 128 cm³/mol. The predicted octanol–water partition coefficient (Wildman–Crippen LogP) is 3.60. The first-order valence-corrected chi connectivity index (χ1v) is 10.7. The quantitative estimate of drug-likeness (QED) is 0.282. The number of halogens is 1. The molecule has 0 aliphatic heterocycles. The van der Waals surface area contributed by atoms with Crippen molar-refractivity contribution in [3.8, 4) is 5.75 Å². The highest BCUT2D eigenvalue weighted by molar-refractivity contribution is 14.0. The number of hydrogen-bond donors (Lipinski definition) is 3. The fourth-order valence-corrected chi connectivity index (χ4v) is 3.47. The minimum Gasteiger partial charge on any atom is -0.484 e. The molecule has 1 amide bonds. The maximum atomic E-state index is 11.8. The summed E-state index contributed by atoms with van der Waals surface area (Å²) in [4.78, 5) is 16.5. The lowest BCUT2D eigenvalue weighted by Crippen LogP contribution is -2.44. The molecule has 0 radical (unpaired) electrons. The van der Waals surface area contributed by atoms with Crippen LogP contribution < -0.4 is 20.7 Å². The number of ether oxygens (including phenoxy) is 1. The largest absolute Gasteiger partial charge is 0.484 e. The molecule has 0 atom stereocenters. The SMILES string of the molecule is CCNC(=NCc1cccc(OCC(=O)NC2CC2)c1)NC1CCC(C)CC1.I. The third-order valence-corrected chi connectivity index (χ3v) is 5.33. The lowest BCUT2D eigenvalue weighted by Gasteiger charge is -2.28. The van der Waals surface area contributed by atoms with Crippen LogP contribution in [0.4, 0.5) is 0 Å². The van der Waals surface area contributed by atoms with E-state index in [-0.39, 0.29) is 36.5 Å². The van der Waals surface area contributed by atoms with E-state index in [1.165, 1.54) is 25.7 Å². The Kier molecular flexibility index (Phi) is 10.0. The number of nitrogens with zero attached hydrogens (tertiary/aromatic N) is 1. The van der Waals surface area contributed by atoms with E-state index >= 15 is 0 Å². The Balaban J connectivity index is 0.00000300. The fraction of sp³-hybridized carbons (Fsp3) is 0.636. The lowest BCUT2D eigenvalue weighted by atomic mass is 9.87. The van der Waals surface area contributed by atoms with Crippen LogP contribution in [0.25, 0.3) is 0 Å². The third kappa shape index (κ3) is 8.80. The van der Waals surface area contributed by atoms with Gasteiger partial charge in [0.1, 0.15) is 5.75 Å². The van der Waals surface area contributed by atoms with Gasteiger partial charge in [0.25, 0.3) is 5.91 Å². The van der Waals surface area contributed by atoms with Gasteiger partial charge < -0.3 is 20.7 Å². The van der Waals surface area contributed by atoms with Crippen LogP contribution in [0.3, 0.4) is 0 Å². The molecule has 3 rings (SSSR count). The van der Waals surface area contributed by atoms with Gasteiger partial charge in [0.05, 0.1) is 6.54 Å². The monoisotopic (exact) mass is 514 g/mol. The Morgan fingerprint density at radius 3 is 2.48 bits per heavy atom. The Hall–Kier alpha value is -1.51. The number of benzene rings is 1. The Bertz CT molecular complexity index is 671. The van der Waals surface area contributed by atoms with Crippen LogP contribution in [-0.4, -0.2) is 37.1 Å². The summed E-state index contributed by atoms with van der Waals surface area (Å²) in [5, 5.41) is 9.86. The van der Waals surface area contributed by atoms with E-state index in [1.54, 1.807) is 0 Å². The van der Waals surface area contributed by atoms with Gasteiger partial charge in [0, 0.05) is 18.6 Å². The van der Waals surface area contributed by atoms with Crippen LogP contribution in [-0.2, 0) is 11.3 Å². The molecule has 2 fully saturated rings. The van der Waals surface area contributed by atoms with E-state index < -0.39 is 0 Å². The van der Waals surface area contributed by atoms with E-state index in [0.29, 0.717) is 24.4 Å². The highest BCUT2D eigenvalue weighted by atomic mass is 127. The van der Waals surface area contributed by atoms with Crippen LogP contribution >= 0.6 is 24.0 Å². The number of rotatable bonds is 8. The molecule has 2 saturated carbocycles. The molecule has 0 unspecified atom stereocenters. The van der Waals surface area contributed by atoms with Crippen molar-refractivity contribution in [2.24, 2.45) is 10.9 Å². The van der Waals surface area contributed by atoms with E-state index in [4.69, 9.17) is 9.73 Å². The summed E-state index contributed by atoms with van der Waals surface area (Å²) in [5.41, 5.74) is 1.06. The van der Waals surface area contributed by atoms with E-state index in [1.807, 2.05) is 24.3 Å². The summed E-state index contributed by atoms with van der Waals surface area (Å²) < 4.78 is 5.63. The van der Waals surface area contributed by atoms with Gasteiger partial charge in [-0.05, 0) is 69.1 Å². The molecule has 0 saturated heterocycles. The minimum atomic E-state index is -0.0497. The lowest BCUT2D eigenvalue weighted by molar-refractivity contribution is -0.123. The summed E-state index contributed by atoms with van der Waals surface area (Å²) >= 11 is 0. The number of carbonyl (C=O) groups is 1. The van der Waals surface area contributed by atoms with E-state index in [0.717, 1.165) is 36.8 Å². The van der Waals surface area contributed by atoms with Crippen molar-refractivity contribution >= 4 is 35.8 Å². The number of guanidine groups is 1. The summed E-state index contributed by atoms with van der Waals surface area (Å²) in [7, 11) is 0. The standard InChI is InChI=1S/C22H34N4O2.HI/c1-3-23-22(26-19-9-7-16(2)8-10-19)24-14-17-5-4-6-20(13-17)28-15-21(27)25-18-11-12-18;/h4-6,13,16,18-19H,3,7-12,14-15H2,1-2H3,(H,25,27)(H2,23,24,26);1H. The zero-order valence-corrected chi connectivity index (χ0v) is 19.9. The van der Waals surface area contributed by atoms with Crippen molar-refractivity contribution in [1.29, 1.82) is 0 Å². The average Bonchev–Trinajstić information content (AvgIpc) is 3.51. The fourth-order valence-electron chi connectivity index (χ4n) is 3.47. The molecular weight excluding hydrogens is 479 g/mol. The molecule has 162 valence electrons. The van der Waals surface area contributed by atoms with Crippen LogP contribution in [0.2, 0.25) is 0 Å². The normalized spacial score (nSPS) is 21.7.